The molecule has 1 aliphatic rings. The Morgan fingerprint density at radius 1 is 1.14 bits per heavy atom. The molecule has 0 radical (unpaired) electrons. The Hall–Kier alpha value is -2.82. The number of rotatable bonds is 3. The quantitative estimate of drug-likeness (QED) is 0.940. The van der Waals surface area contributed by atoms with Crippen LogP contribution in [-0.2, 0) is 4.79 Å². The lowest BCUT2D eigenvalue weighted by Gasteiger charge is -2.19. The van der Waals surface area contributed by atoms with Gasteiger partial charge in [-0.3, -0.25) is 4.79 Å². The highest BCUT2D eigenvalue weighted by Crippen LogP contribution is 2.21. The summed E-state index contributed by atoms with van der Waals surface area (Å²) >= 11 is 0. The molecule has 1 aliphatic heterocycles. The first-order chi connectivity index (χ1) is 10.3. The maximum Gasteiger partial charge on any atom is 0.255 e. The molecule has 2 aromatic rings. The van der Waals surface area contributed by atoms with E-state index in [1.54, 1.807) is 12.0 Å². The summed E-state index contributed by atoms with van der Waals surface area (Å²) in [6.07, 6.45) is 0. The number of para-hydroxylation sites is 1. The molecule has 0 saturated heterocycles. The number of methoxy groups -OCH3 is 1. The van der Waals surface area contributed by atoms with E-state index in [9.17, 15) is 4.79 Å². The van der Waals surface area contributed by atoms with Crippen LogP contribution in [0.2, 0.25) is 0 Å². The van der Waals surface area contributed by atoms with Gasteiger partial charge < -0.3 is 10.1 Å². The summed E-state index contributed by atoms with van der Waals surface area (Å²) in [7, 11) is 1.62. The van der Waals surface area contributed by atoms with Crippen molar-refractivity contribution in [2.45, 2.75) is 0 Å². The standard InChI is InChI=1S/C16H15N3O2/c1-21-14-9-5-6-12(10-14)18-16-17-11-15(20)19(16)13-7-3-2-4-8-13/h2-10H,11H2,1H3,(H,17,18). The first-order valence-electron chi connectivity index (χ1n) is 6.61. The summed E-state index contributed by atoms with van der Waals surface area (Å²) in [6, 6.07) is 17.0. The number of nitrogens with one attached hydrogen (secondary N) is 1. The molecule has 0 bridgehead atoms. The number of anilines is 2. The van der Waals surface area contributed by atoms with E-state index in [-0.39, 0.29) is 12.5 Å². The van der Waals surface area contributed by atoms with Crippen LogP contribution < -0.4 is 15.0 Å². The summed E-state index contributed by atoms with van der Waals surface area (Å²) < 4.78 is 5.19. The minimum absolute atomic E-state index is 0.0494. The molecule has 21 heavy (non-hydrogen) atoms. The molecule has 0 atom stereocenters. The third kappa shape index (κ3) is 2.72. The zero-order valence-corrected chi connectivity index (χ0v) is 11.6. The fourth-order valence-electron chi connectivity index (χ4n) is 2.17. The molecule has 0 aromatic heterocycles. The lowest BCUT2D eigenvalue weighted by molar-refractivity contribution is -0.115. The number of hydrogen-bond acceptors (Lipinski definition) is 4. The normalized spacial score (nSPS) is 14.0. The number of ether oxygens (including phenoxy) is 1. The van der Waals surface area contributed by atoms with Gasteiger partial charge >= 0.3 is 0 Å². The van der Waals surface area contributed by atoms with Crippen LogP contribution in [0.15, 0.2) is 59.6 Å². The van der Waals surface area contributed by atoms with Gasteiger partial charge in [0.1, 0.15) is 12.3 Å². The zero-order chi connectivity index (χ0) is 14.7. The van der Waals surface area contributed by atoms with Crippen molar-refractivity contribution < 1.29 is 9.53 Å². The van der Waals surface area contributed by atoms with Crippen LogP contribution in [0.25, 0.3) is 0 Å². The molecular weight excluding hydrogens is 266 g/mol. The molecule has 0 spiro atoms. The fraction of sp³-hybridized carbons (Fsp3) is 0.125. The molecule has 1 N–H and O–H groups in total. The van der Waals surface area contributed by atoms with Crippen molar-refractivity contribution in [3.63, 3.8) is 0 Å². The molecule has 3 rings (SSSR count). The number of carbonyl (C=O) groups is 1. The molecule has 1 heterocycles. The van der Waals surface area contributed by atoms with E-state index < -0.39 is 0 Å². The Kier molecular flexibility index (Phi) is 3.55. The minimum atomic E-state index is -0.0494. The second-order valence-corrected chi connectivity index (χ2v) is 4.56. The molecule has 2 aromatic carbocycles. The number of guanidine groups is 1. The third-order valence-electron chi connectivity index (χ3n) is 3.17. The molecule has 106 valence electrons. The monoisotopic (exact) mass is 281 g/mol. The van der Waals surface area contributed by atoms with Gasteiger partial charge in [-0.1, -0.05) is 24.3 Å². The van der Waals surface area contributed by atoms with E-state index in [0.29, 0.717) is 5.96 Å². The molecule has 5 nitrogen and oxygen atoms in total. The number of benzene rings is 2. The first kappa shape index (κ1) is 13.2. The Labute approximate surface area is 122 Å². The van der Waals surface area contributed by atoms with Crippen LogP contribution in [0.3, 0.4) is 0 Å². The van der Waals surface area contributed by atoms with Crippen LogP contribution in [0, 0.1) is 0 Å². The SMILES string of the molecule is COc1cccc(NC2=NCC(=O)N2c2ccccc2)c1. The van der Waals surface area contributed by atoms with Crippen LogP contribution in [0.4, 0.5) is 11.4 Å². The van der Waals surface area contributed by atoms with E-state index in [1.165, 1.54) is 0 Å². The van der Waals surface area contributed by atoms with Gasteiger partial charge in [0.2, 0.25) is 5.96 Å². The largest absolute Gasteiger partial charge is 0.497 e. The second-order valence-electron chi connectivity index (χ2n) is 4.56. The Balaban J connectivity index is 1.85. The van der Waals surface area contributed by atoms with E-state index in [4.69, 9.17) is 4.74 Å². The van der Waals surface area contributed by atoms with Crippen molar-refractivity contribution in [3.8, 4) is 5.75 Å². The van der Waals surface area contributed by atoms with Crippen molar-refractivity contribution in [2.75, 3.05) is 23.9 Å². The zero-order valence-electron chi connectivity index (χ0n) is 11.6. The topological polar surface area (TPSA) is 53.9 Å². The fourth-order valence-corrected chi connectivity index (χ4v) is 2.17. The molecular formula is C16H15N3O2. The summed E-state index contributed by atoms with van der Waals surface area (Å²) in [5.74, 6) is 1.22. The van der Waals surface area contributed by atoms with Gasteiger partial charge in [-0.25, -0.2) is 9.89 Å². The predicted molar refractivity (Wildman–Crippen MR) is 82.8 cm³/mol. The Morgan fingerprint density at radius 2 is 1.95 bits per heavy atom. The lowest BCUT2D eigenvalue weighted by Crippen LogP contribution is -2.36. The number of amides is 1. The number of hydrogen-bond donors (Lipinski definition) is 1. The molecule has 0 unspecified atom stereocenters. The average molecular weight is 281 g/mol. The smallest absolute Gasteiger partial charge is 0.255 e. The highest BCUT2D eigenvalue weighted by atomic mass is 16.5. The minimum Gasteiger partial charge on any atom is -0.497 e. The third-order valence-corrected chi connectivity index (χ3v) is 3.17. The Morgan fingerprint density at radius 3 is 2.71 bits per heavy atom. The van der Waals surface area contributed by atoms with Crippen molar-refractivity contribution in [2.24, 2.45) is 4.99 Å². The van der Waals surface area contributed by atoms with E-state index in [2.05, 4.69) is 10.3 Å². The van der Waals surface area contributed by atoms with Crippen molar-refractivity contribution in [3.05, 3.63) is 54.6 Å². The highest BCUT2D eigenvalue weighted by molar-refractivity contribution is 6.24. The van der Waals surface area contributed by atoms with Crippen molar-refractivity contribution >= 4 is 23.2 Å². The highest BCUT2D eigenvalue weighted by Gasteiger charge is 2.26. The summed E-state index contributed by atoms with van der Waals surface area (Å²) in [4.78, 5) is 17.9. The summed E-state index contributed by atoms with van der Waals surface area (Å²) in [6.45, 7) is 0.154. The lowest BCUT2D eigenvalue weighted by atomic mass is 10.3. The molecule has 1 amide bonds. The van der Waals surface area contributed by atoms with Gasteiger partial charge in [-0.2, -0.15) is 0 Å². The summed E-state index contributed by atoms with van der Waals surface area (Å²) in [5, 5.41) is 3.17. The van der Waals surface area contributed by atoms with Gasteiger partial charge in [0.25, 0.3) is 5.91 Å². The van der Waals surface area contributed by atoms with Crippen LogP contribution in [-0.4, -0.2) is 25.5 Å². The maximum absolute atomic E-state index is 12.0. The number of carbonyl (C=O) groups excluding carboxylic acids is 1. The van der Waals surface area contributed by atoms with E-state index in [1.807, 2.05) is 54.6 Å². The van der Waals surface area contributed by atoms with Crippen LogP contribution in [0.5, 0.6) is 5.75 Å². The van der Waals surface area contributed by atoms with Crippen LogP contribution >= 0.6 is 0 Å². The van der Waals surface area contributed by atoms with Gasteiger partial charge in [0.05, 0.1) is 12.8 Å². The molecule has 5 heteroatoms. The summed E-state index contributed by atoms with van der Waals surface area (Å²) in [5.41, 5.74) is 1.62. The number of aliphatic imine (C=N–C) groups is 1. The van der Waals surface area contributed by atoms with Crippen molar-refractivity contribution in [1.82, 2.24) is 0 Å². The van der Waals surface area contributed by atoms with Gasteiger partial charge in [0.15, 0.2) is 0 Å². The van der Waals surface area contributed by atoms with Gasteiger partial charge in [-0.05, 0) is 24.3 Å². The maximum atomic E-state index is 12.0. The molecule has 0 saturated carbocycles. The second kappa shape index (κ2) is 5.66. The molecule has 0 fully saturated rings. The Bertz CT molecular complexity index is 683. The average Bonchev–Trinajstić information content (AvgIpc) is 2.89. The van der Waals surface area contributed by atoms with Crippen molar-refractivity contribution in [1.29, 1.82) is 0 Å². The number of nitrogens with zero attached hydrogens (tertiary/aromatic N) is 2. The molecule has 0 aliphatic carbocycles. The van der Waals surface area contributed by atoms with E-state index >= 15 is 0 Å². The first-order valence-corrected chi connectivity index (χ1v) is 6.61. The van der Waals surface area contributed by atoms with Gasteiger partial charge in [-0.15, -0.1) is 0 Å². The predicted octanol–water partition coefficient (Wildman–Crippen LogP) is 2.51. The van der Waals surface area contributed by atoms with E-state index in [0.717, 1.165) is 17.1 Å². The van der Waals surface area contributed by atoms with Gasteiger partial charge in [0, 0.05) is 11.8 Å². The van der Waals surface area contributed by atoms with Crippen LogP contribution in [0.1, 0.15) is 0 Å².